The maximum Gasteiger partial charge on any atom is 0.277 e. The molecule has 2 aromatic rings. The maximum absolute atomic E-state index is 10.9. The summed E-state index contributed by atoms with van der Waals surface area (Å²) in [6, 6.07) is 7.20. The number of fused-ring (bicyclic) bond motifs is 1. The summed E-state index contributed by atoms with van der Waals surface area (Å²) in [5.74, 6) is 0. The normalized spacial score (nSPS) is 10.4. The summed E-state index contributed by atoms with van der Waals surface area (Å²) in [5.41, 5.74) is 0.427. The van der Waals surface area contributed by atoms with Crippen molar-refractivity contribution in [2.24, 2.45) is 0 Å². The molecule has 17 heavy (non-hydrogen) atoms. The Morgan fingerprint density at radius 3 is 2.18 bits per heavy atom. The molecule has 0 atom stereocenters. The van der Waals surface area contributed by atoms with Crippen molar-refractivity contribution in [2.75, 3.05) is 0 Å². The van der Waals surface area contributed by atoms with E-state index in [-0.39, 0.29) is 11.4 Å². The molecule has 0 aliphatic carbocycles. The average Bonchev–Trinajstić information content (AvgIpc) is 2.28. The van der Waals surface area contributed by atoms with E-state index in [1.54, 1.807) is 6.92 Å². The molecule has 86 valence electrons. The first-order chi connectivity index (χ1) is 8.02. The van der Waals surface area contributed by atoms with Gasteiger partial charge in [-0.05, 0) is 18.6 Å². The Balaban J connectivity index is 2.95. The van der Waals surface area contributed by atoms with Gasteiger partial charge >= 0.3 is 0 Å². The van der Waals surface area contributed by atoms with E-state index in [0.717, 1.165) is 0 Å². The minimum Gasteiger partial charge on any atom is -0.258 e. The Bertz CT molecular complexity index is 637. The highest BCUT2D eigenvalue weighted by molar-refractivity contribution is 5.99. The molecule has 2 rings (SSSR count). The molecule has 6 heteroatoms. The first kappa shape index (κ1) is 11.0. The standard InChI is InChI=1S/C11H8N2O4/c1-7-5-6-9(12(14)15)8-3-2-4-10(11(7)8)13(16)17/h2-6H,1H3. The Kier molecular flexibility index (Phi) is 2.47. The molecule has 0 unspecified atom stereocenters. The van der Waals surface area contributed by atoms with Gasteiger partial charge in [0.1, 0.15) is 0 Å². The molecule has 0 fully saturated rings. The SMILES string of the molecule is Cc1ccc([N+](=O)[O-])c2cccc([N+](=O)[O-])c12. The minimum absolute atomic E-state index is 0.108. The van der Waals surface area contributed by atoms with Gasteiger partial charge in [-0.2, -0.15) is 0 Å². The summed E-state index contributed by atoms with van der Waals surface area (Å²) in [6.07, 6.45) is 0. The lowest BCUT2D eigenvalue weighted by Crippen LogP contribution is -1.95. The number of nitrogens with zero attached hydrogens (tertiary/aromatic N) is 2. The molecule has 2 aromatic carbocycles. The highest BCUT2D eigenvalue weighted by Crippen LogP contribution is 2.34. The molecule has 0 amide bonds. The third-order valence-electron chi connectivity index (χ3n) is 2.60. The van der Waals surface area contributed by atoms with Crippen LogP contribution in [-0.4, -0.2) is 9.85 Å². The third-order valence-corrected chi connectivity index (χ3v) is 2.60. The van der Waals surface area contributed by atoms with E-state index in [1.807, 2.05) is 0 Å². The second-order valence-electron chi connectivity index (χ2n) is 3.62. The van der Waals surface area contributed by atoms with Gasteiger partial charge in [-0.1, -0.05) is 12.1 Å². The van der Waals surface area contributed by atoms with Crippen molar-refractivity contribution in [2.45, 2.75) is 6.92 Å². The van der Waals surface area contributed by atoms with Crippen molar-refractivity contribution in [3.05, 3.63) is 56.1 Å². The number of rotatable bonds is 2. The van der Waals surface area contributed by atoms with Crippen LogP contribution in [-0.2, 0) is 0 Å². The van der Waals surface area contributed by atoms with Crippen molar-refractivity contribution < 1.29 is 9.85 Å². The largest absolute Gasteiger partial charge is 0.277 e. The zero-order valence-electron chi connectivity index (χ0n) is 8.91. The fourth-order valence-corrected chi connectivity index (χ4v) is 1.86. The van der Waals surface area contributed by atoms with Gasteiger partial charge in [0.25, 0.3) is 11.4 Å². The predicted molar refractivity (Wildman–Crippen MR) is 62.0 cm³/mol. The molecule has 0 bridgehead atoms. The van der Waals surface area contributed by atoms with E-state index in [1.165, 1.54) is 30.3 Å². The number of aryl methyl sites for hydroxylation is 1. The third kappa shape index (κ3) is 1.69. The number of hydrogen-bond acceptors (Lipinski definition) is 4. The molecule has 6 nitrogen and oxygen atoms in total. The van der Waals surface area contributed by atoms with Crippen molar-refractivity contribution in [1.29, 1.82) is 0 Å². The highest BCUT2D eigenvalue weighted by atomic mass is 16.6. The van der Waals surface area contributed by atoms with Crippen LogP contribution in [0.15, 0.2) is 30.3 Å². The molecule has 0 heterocycles. The number of nitro benzene ring substituents is 2. The molecular weight excluding hydrogens is 224 g/mol. The number of benzene rings is 2. The monoisotopic (exact) mass is 232 g/mol. The van der Waals surface area contributed by atoms with E-state index in [9.17, 15) is 20.2 Å². The van der Waals surface area contributed by atoms with Crippen LogP contribution in [0.4, 0.5) is 11.4 Å². The van der Waals surface area contributed by atoms with E-state index in [2.05, 4.69) is 0 Å². The number of nitro groups is 2. The maximum atomic E-state index is 10.9. The lowest BCUT2D eigenvalue weighted by atomic mass is 10.0. The number of non-ortho nitro benzene ring substituents is 2. The summed E-state index contributed by atoms with van der Waals surface area (Å²) < 4.78 is 0. The predicted octanol–water partition coefficient (Wildman–Crippen LogP) is 2.96. The second kappa shape index (κ2) is 3.82. The van der Waals surface area contributed by atoms with Gasteiger partial charge in [0, 0.05) is 12.1 Å². The Morgan fingerprint density at radius 2 is 1.59 bits per heavy atom. The molecule has 0 saturated carbocycles. The van der Waals surface area contributed by atoms with E-state index < -0.39 is 9.85 Å². The van der Waals surface area contributed by atoms with Crippen molar-refractivity contribution in [3.63, 3.8) is 0 Å². The van der Waals surface area contributed by atoms with E-state index in [4.69, 9.17) is 0 Å². The van der Waals surface area contributed by atoms with E-state index in [0.29, 0.717) is 16.3 Å². The summed E-state index contributed by atoms with van der Waals surface area (Å²) in [4.78, 5) is 20.7. The van der Waals surface area contributed by atoms with Gasteiger partial charge < -0.3 is 0 Å². The van der Waals surface area contributed by atoms with Crippen molar-refractivity contribution in [1.82, 2.24) is 0 Å². The molecule has 0 N–H and O–H groups in total. The van der Waals surface area contributed by atoms with Gasteiger partial charge in [0.15, 0.2) is 0 Å². The average molecular weight is 232 g/mol. The van der Waals surface area contributed by atoms with Crippen molar-refractivity contribution in [3.8, 4) is 0 Å². The van der Waals surface area contributed by atoms with Gasteiger partial charge in [-0.3, -0.25) is 20.2 Å². The smallest absolute Gasteiger partial charge is 0.258 e. The van der Waals surface area contributed by atoms with Crippen LogP contribution < -0.4 is 0 Å². The van der Waals surface area contributed by atoms with Crippen LogP contribution in [0.2, 0.25) is 0 Å². The molecular formula is C11H8N2O4. The Morgan fingerprint density at radius 1 is 0.941 bits per heavy atom. The molecule has 0 saturated heterocycles. The first-order valence-corrected chi connectivity index (χ1v) is 4.83. The van der Waals surface area contributed by atoms with Crippen molar-refractivity contribution >= 4 is 22.1 Å². The molecule has 0 radical (unpaired) electrons. The summed E-state index contributed by atoms with van der Waals surface area (Å²) >= 11 is 0. The van der Waals surface area contributed by atoms with Gasteiger partial charge in [0.2, 0.25) is 0 Å². The fraction of sp³-hybridized carbons (Fsp3) is 0.0909. The van der Waals surface area contributed by atoms with Crippen LogP contribution in [0.1, 0.15) is 5.56 Å². The van der Waals surface area contributed by atoms with Crippen LogP contribution >= 0.6 is 0 Å². The Labute approximate surface area is 95.8 Å². The summed E-state index contributed by atoms with van der Waals surface area (Å²) in [6.45, 7) is 1.69. The van der Waals surface area contributed by atoms with Gasteiger partial charge in [0.05, 0.1) is 20.6 Å². The van der Waals surface area contributed by atoms with Crippen LogP contribution in [0.25, 0.3) is 10.8 Å². The van der Waals surface area contributed by atoms with E-state index >= 15 is 0 Å². The molecule has 0 aliphatic heterocycles. The lowest BCUT2D eigenvalue weighted by Gasteiger charge is -2.03. The summed E-state index contributed by atoms with van der Waals surface area (Å²) in [5, 5.41) is 22.3. The second-order valence-corrected chi connectivity index (χ2v) is 3.62. The fourth-order valence-electron chi connectivity index (χ4n) is 1.86. The zero-order chi connectivity index (χ0) is 12.6. The van der Waals surface area contributed by atoms with Crippen LogP contribution in [0, 0.1) is 27.2 Å². The van der Waals surface area contributed by atoms with Crippen LogP contribution in [0.5, 0.6) is 0 Å². The molecule has 0 aromatic heterocycles. The lowest BCUT2D eigenvalue weighted by molar-refractivity contribution is -0.384. The molecule has 0 spiro atoms. The zero-order valence-corrected chi connectivity index (χ0v) is 8.91. The van der Waals surface area contributed by atoms with Crippen LogP contribution in [0.3, 0.4) is 0 Å². The topological polar surface area (TPSA) is 86.3 Å². The highest BCUT2D eigenvalue weighted by Gasteiger charge is 2.19. The van der Waals surface area contributed by atoms with Gasteiger partial charge in [-0.15, -0.1) is 0 Å². The quantitative estimate of drug-likeness (QED) is 0.588. The minimum atomic E-state index is -0.536. The summed E-state index contributed by atoms with van der Waals surface area (Å²) in [7, 11) is 0. The van der Waals surface area contributed by atoms with Gasteiger partial charge in [-0.25, -0.2) is 0 Å². The Hall–Kier alpha value is -2.50. The number of hydrogen-bond donors (Lipinski definition) is 0. The molecule has 0 aliphatic rings. The first-order valence-electron chi connectivity index (χ1n) is 4.83.